The summed E-state index contributed by atoms with van der Waals surface area (Å²) in [5.74, 6) is -1.60. The van der Waals surface area contributed by atoms with Gasteiger partial charge in [-0.3, -0.25) is 9.59 Å². The van der Waals surface area contributed by atoms with Crippen molar-refractivity contribution in [2.45, 2.75) is 23.4 Å². The monoisotopic (exact) mass is 465 g/mol. The number of H-pyrrole nitrogens is 1. The van der Waals surface area contributed by atoms with E-state index < -0.39 is 11.8 Å². The Morgan fingerprint density at radius 1 is 1.18 bits per heavy atom. The zero-order valence-corrected chi connectivity index (χ0v) is 18.3. The lowest BCUT2D eigenvalue weighted by Crippen LogP contribution is -2.25. The molecule has 0 saturated heterocycles. The average Bonchev–Trinajstić information content (AvgIpc) is 3.08. The summed E-state index contributed by atoms with van der Waals surface area (Å²) in [7, 11) is 0. The first kappa shape index (κ1) is 22.1. The van der Waals surface area contributed by atoms with E-state index in [1.165, 1.54) is 24.4 Å². The maximum atomic E-state index is 13.7. The molecule has 2 amide bonds. The molecule has 2 aromatic carbocycles. The van der Waals surface area contributed by atoms with E-state index in [-0.39, 0.29) is 29.4 Å². The molecule has 0 aliphatic heterocycles. The minimum absolute atomic E-state index is 0.0500. The third kappa shape index (κ3) is 4.58. The van der Waals surface area contributed by atoms with Crippen LogP contribution in [0.15, 0.2) is 52.5 Å². The van der Waals surface area contributed by atoms with Crippen LogP contribution in [0, 0.1) is 12.7 Å². The van der Waals surface area contributed by atoms with Crippen molar-refractivity contribution in [3.63, 3.8) is 0 Å². The lowest BCUT2D eigenvalue weighted by molar-refractivity contribution is 0.0944. The number of nitrogens with two attached hydrogens (primary N) is 3. The van der Waals surface area contributed by atoms with Crippen LogP contribution < -0.4 is 22.5 Å². The van der Waals surface area contributed by atoms with Crippen LogP contribution in [0.5, 0.6) is 0 Å². The standard InChI is InChI=1S/C22H20FN7O2S/c1-10-15(13-6-11(23)2-4-16(13)29-10)8-28-22(32)19-20(25)27-9-18(30-19)33-17-5-3-12(24)7-14(17)21(26)31/h2-7,9,29H,8,24H2,1H3,(H2,25,27)(H2,26,31)(H,28,32). The van der Waals surface area contributed by atoms with Crippen LogP contribution >= 0.6 is 11.8 Å². The molecule has 0 radical (unpaired) electrons. The van der Waals surface area contributed by atoms with Crippen molar-refractivity contribution in [1.29, 1.82) is 0 Å². The normalized spacial score (nSPS) is 11.0. The minimum atomic E-state index is -0.642. The maximum Gasteiger partial charge on any atom is 0.274 e. The Labute approximate surface area is 192 Å². The third-order valence-electron chi connectivity index (χ3n) is 4.98. The van der Waals surface area contributed by atoms with E-state index in [0.717, 1.165) is 28.5 Å². The van der Waals surface area contributed by atoms with Gasteiger partial charge in [0.05, 0.1) is 11.8 Å². The Morgan fingerprint density at radius 2 is 1.97 bits per heavy atom. The number of aromatic amines is 1. The minimum Gasteiger partial charge on any atom is -0.399 e. The summed E-state index contributed by atoms with van der Waals surface area (Å²) < 4.78 is 13.7. The molecule has 4 aromatic rings. The summed E-state index contributed by atoms with van der Waals surface area (Å²) in [6.45, 7) is 1.98. The van der Waals surface area contributed by atoms with Crippen molar-refractivity contribution in [3.8, 4) is 0 Å². The number of benzene rings is 2. The molecule has 11 heteroatoms. The van der Waals surface area contributed by atoms with E-state index in [4.69, 9.17) is 17.2 Å². The molecule has 0 saturated carbocycles. The average molecular weight is 466 g/mol. The molecule has 0 fully saturated rings. The van der Waals surface area contributed by atoms with Crippen LogP contribution in [-0.2, 0) is 6.54 Å². The number of nitrogens with zero attached hydrogens (tertiary/aromatic N) is 2. The smallest absolute Gasteiger partial charge is 0.274 e. The number of aryl methyl sites for hydroxylation is 1. The number of hydrogen-bond acceptors (Lipinski definition) is 7. The molecule has 0 aliphatic rings. The summed E-state index contributed by atoms with van der Waals surface area (Å²) in [5.41, 5.74) is 19.9. The first-order chi connectivity index (χ1) is 15.7. The molecule has 0 atom stereocenters. The lowest BCUT2D eigenvalue weighted by atomic mass is 10.1. The number of rotatable bonds is 6. The van der Waals surface area contributed by atoms with E-state index >= 15 is 0 Å². The summed E-state index contributed by atoms with van der Waals surface area (Å²) in [6, 6.07) is 9.15. The highest BCUT2D eigenvalue weighted by Crippen LogP contribution is 2.31. The molecule has 168 valence electrons. The summed E-state index contributed by atoms with van der Waals surface area (Å²) in [5, 5.41) is 3.78. The van der Waals surface area contributed by atoms with Gasteiger partial charge in [0.2, 0.25) is 5.91 Å². The van der Waals surface area contributed by atoms with E-state index in [1.54, 1.807) is 18.2 Å². The van der Waals surface area contributed by atoms with Crippen molar-refractivity contribution in [1.82, 2.24) is 20.3 Å². The van der Waals surface area contributed by atoms with E-state index in [1.807, 2.05) is 6.92 Å². The van der Waals surface area contributed by atoms with Crippen molar-refractivity contribution < 1.29 is 14.0 Å². The number of hydrogen-bond donors (Lipinski definition) is 5. The van der Waals surface area contributed by atoms with Gasteiger partial charge in [-0.05, 0) is 48.9 Å². The van der Waals surface area contributed by atoms with Gasteiger partial charge in [0.25, 0.3) is 5.91 Å². The fraction of sp³-hybridized carbons (Fsp3) is 0.0909. The first-order valence-electron chi connectivity index (χ1n) is 9.77. The molecule has 2 heterocycles. The molecule has 2 aromatic heterocycles. The number of primary amides is 1. The van der Waals surface area contributed by atoms with Crippen LogP contribution in [0.2, 0.25) is 0 Å². The Hall–Kier alpha value is -4.12. The van der Waals surface area contributed by atoms with Crippen molar-refractivity contribution in [2.75, 3.05) is 11.5 Å². The van der Waals surface area contributed by atoms with Gasteiger partial charge in [0.15, 0.2) is 11.5 Å². The second-order valence-corrected chi connectivity index (χ2v) is 8.33. The number of amides is 2. The van der Waals surface area contributed by atoms with Gasteiger partial charge in [-0.25, -0.2) is 14.4 Å². The number of aromatic nitrogens is 3. The van der Waals surface area contributed by atoms with Gasteiger partial charge in [0, 0.05) is 33.7 Å². The molecule has 9 nitrogen and oxygen atoms in total. The van der Waals surface area contributed by atoms with Gasteiger partial charge in [-0.1, -0.05) is 11.8 Å². The Balaban J connectivity index is 1.56. The zero-order chi connectivity index (χ0) is 23.7. The second-order valence-electron chi connectivity index (χ2n) is 7.27. The van der Waals surface area contributed by atoms with Gasteiger partial charge in [-0.2, -0.15) is 0 Å². The highest BCUT2D eigenvalue weighted by molar-refractivity contribution is 7.99. The summed E-state index contributed by atoms with van der Waals surface area (Å²) >= 11 is 1.10. The Bertz CT molecular complexity index is 1400. The molecule has 0 aliphatic carbocycles. The van der Waals surface area contributed by atoms with Gasteiger partial charge in [-0.15, -0.1) is 0 Å². The maximum absolute atomic E-state index is 13.7. The first-order valence-corrected chi connectivity index (χ1v) is 10.6. The summed E-state index contributed by atoms with van der Waals surface area (Å²) in [6.07, 6.45) is 1.39. The lowest BCUT2D eigenvalue weighted by Gasteiger charge is -2.10. The highest BCUT2D eigenvalue weighted by atomic mass is 32.2. The largest absolute Gasteiger partial charge is 0.399 e. The van der Waals surface area contributed by atoms with Crippen LogP contribution in [0.3, 0.4) is 0 Å². The summed E-state index contributed by atoms with van der Waals surface area (Å²) in [4.78, 5) is 36.6. The number of halogens is 1. The van der Waals surface area contributed by atoms with Gasteiger partial charge in [0.1, 0.15) is 10.8 Å². The van der Waals surface area contributed by atoms with Crippen molar-refractivity contribution in [3.05, 3.63) is 70.9 Å². The van der Waals surface area contributed by atoms with Crippen LogP contribution in [-0.4, -0.2) is 26.8 Å². The molecule has 8 N–H and O–H groups in total. The molecule has 4 rings (SSSR count). The Kier molecular flexibility index (Phi) is 5.88. The predicted molar refractivity (Wildman–Crippen MR) is 124 cm³/mol. The predicted octanol–water partition coefficient (Wildman–Crippen LogP) is 2.75. The molecular formula is C22H20FN7O2S. The topological polar surface area (TPSA) is 166 Å². The van der Waals surface area contributed by atoms with Crippen molar-refractivity contribution in [2.24, 2.45) is 5.73 Å². The van der Waals surface area contributed by atoms with Crippen LogP contribution in [0.25, 0.3) is 10.9 Å². The molecule has 33 heavy (non-hydrogen) atoms. The molecule has 0 unspecified atom stereocenters. The van der Waals surface area contributed by atoms with Crippen LogP contribution in [0.4, 0.5) is 15.9 Å². The molecular weight excluding hydrogens is 445 g/mol. The highest BCUT2D eigenvalue weighted by Gasteiger charge is 2.18. The number of nitrogen functional groups attached to an aromatic ring is 2. The molecule has 0 spiro atoms. The van der Waals surface area contributed by atoms with E-state index in [0.29, 0.717) is 21.0 Å². The van der Waals surface area contributed by atoms with Gasteiger partial charge >= 0.3 is 0 Å². The number of nitrogens with one attached hydrogen (secondary N) is 2. The number of fused-ring (bicyclic) bond motifs is 1. The number of carbonyl (C=O) groups is 2. The second kappa shape index (κ2) is 8.79. The Morgan fingerprint density at radius 3 is 2.73 bits per heavy atom. The third-order valence-corrected chi connectivity index (χ3v) is 5.97. The number of anilines is 2. The fourth-order valence-corrected chi connectivity index (χ4v) is 4.25. The van der Waals surface area contributed by atoms with Gasteiger partial charge < -0.3 is 27.5 Å². The number of carbonyl (C=O) groups excluding carboxylic acids is 2. The zero-order valence-electron chi connectivity index (χ0n) is 17.5. The SMILES string of the molecule is Cc1[nH]c2ccc(F)cc2c1CNC(=O)c1nc(Sc2ccc(N)cc2C(N)=O)cnc1N. The van der Waals surface area contributed by atoms with Crippen molar-refractivity contribution >= 4 is 46.0 Å². The van der Waals surface area contributed by atoms with E-state index in [9.17, 15) is 14.0 Å². The fourth-order valence-electron chi connectivity index (χ4n) is 3.38. The molecule has 0 bridgehead atoms. The van der Waals surface area contributed by atoms with Crippen LogP contribution in [0.1, 0.15) is 32.1 Å². The quantitative estimate of drug-likeness (QED) is 0.273. The van der Waals surface area contributed by atoms with E-state index in [2.05, 4.69) is 20.3 Å².